The molecule has 0 aliphatic carbocycles. The van der Waals surface area contributed by atoms with Gasteiger partial charge in [-0.3, -0.25) is 4.79 Å². The minimum atomic E-state index is -0.283. The lowest BCUT2D eigenvalue weighted by Gasteiger charge is -2.11. The van der Waals surface area contributed by atoms with Gasteiger partial charge in [-0.05, 0) is 48.0 Å². The van der Waals surface area contributed by atoms with Crippen LogP contribution in [-0.2, 0) is 4.79 Å². The van der Waals surface area contributed by atoms with E-state index in [4.69, 9.17) is 21.1 Å². The van der Waals surface area contributed by atoms with E-state index in [1.165, 1.54) is 18.4 Å². The van der Waals surface area contributed by atoms with E-state index in [2.05, 4.69) is 16.4 Å². The number of aromatic nitrogens is 1. The summed E-state index contributed by atoms with van der Waals surface area (Å²) in [6.45, 7) is -0.170. The maximum absolute atomic E-state index is 12.2. The summed E-state index contributed by atoms with van der Waals surface area (Å²) in [6, 6.07) is 24.0. The number of halogens is 1. The highest BCUT2D eigenvalue weighted by Crippen LogP contribution is 2.31. The van der Waals surface area contributed by atoms with Crippen LogP contribution < -0.4 is 14.8 Å². The lowest BCUT2D eigenvalue weighted by atomic mass is 10.1. The summed E-state index contributed by atoms with van der Waals surface area (Å²) >= 11 is 7.35. The fourth-order valence-corrected chi connectivity index (χ4v) is 4.13. The number of ether oxygens (including phenoxy) is 2. The number of hydrogen-bond acceptors (Lipinski definition) is 6. The largest absolute Gasteiger partial charge is 0.493 e. The molecule has 4 aromatic rings. The average molecular weight is 502 g/mol. The molecule has 1 heterocycles. The lowest BCUT2D eigenvalue weighted by Crippen LogP contribution is -2.20. The summed E-state index contributed by atoms with van der Waals surface area (Å²) in [5, 5.41) is 15.7. The number of nitrogens with zero attached hydrogens (tertiary/aromatic N) is 2. The van der Waals surface area contributed by atoms with E-state index in [0.29, 0.717) is 32.8 Å². The van der Waals surface area contributed by atoms with E-state index < -0.39 is 0 Å². The van der Waals surface area contributed by atoms with Gasteiger partial charge in [-0.25, -0.2) is 4.98 Å². The van der Waals surface area contributed by atoms with Crippen LogP contribution in [0, 0.1) is 11.3 Å². The molecule has 0 aliphatic rings. The molecular formula is C27H20ClN3O3S. The van der Waals surface area contributed by atoms with Crippen molar-refractivity contribution in [3.05, 3.63) is 93.8 Å². The molecule has 0 saturated heterocycles. The number of rotatable bonds is 8. The van der Waals surface area contributed by atoms with Gasteiger partial charge in [-0.15, -0.1) is 11.3 Å². The number of nitriles is 1. The van der Waals surface area contributed by atoms with Gasteiger partial charge < -0.3 is 14.8 Å². The average Bonchev–Trinajstić information content (AvgIpc) is 3.37. The highest BCUT2D eigenvalue weighted by molar-refractivity contribution is 7.11. The number of para-hydroxylation sites is 1. The van der Waals surface area contributed by atoms with Gasteiger partial charge in [-0.1, -0.05) is 48.0 Å². The van der Waals surface area contributed by atoms with Gasteiger partial charge in [0.15, 0.2) is 18.1 Å². The molecule has 0 radical (unpaired) electrons. The topological polar surface area (TPSA) is 84.2 Å². The van der Waals surface area contributed by atoms with Crippen molar-refractivity contribution in [3.8, 4) is 28.8 Å². The third-order valence-corrected chi connectivity index (χ3v) is 6.04. The molecule has 0 atom stereocenters. The van der Waals surface area contributed by atoms with E-state index >= 15 is 0 Å². The quantitative estimate of drug-likeness (QED) is 0.276. The summed E-state index contributed by atoms with van der Waals surface area (Å²) < 4.78 is 11.1. The first-order valence-corrected chi connectivity index (χ1v) is 11.8. The normalized spacial score (nSPS) is 10.9. The second kappa shape index (κ2) is 11.3. The van der Waals surface area contributed by atoms with Crippen molar-refractivity contribution in [3.63, 3.8) is 0 Å². The van der Waals surface area contributed by atoms with E-state index in [-0.39, 0.29) is 12.5 Å². The monoisotopic (exact) mass is 501 g/mol. The van der Waals surface area contributed by atoms with Gasteiger partial charge in [0.1, 0.15) is 11.1 Å². The fraction of sp³-hybridized carbons (Fsp3) is 0.0741. The molecule has 0 saturated carbocycles. The van der Waals surface area contributed by atoms with Crippen LogP contribution in [-0.4, -0.2) is 24.6 Å². The third-order valence-electron chi connectivity index (χ3n) is 4.91. The Morgan fingerprint density at radius 1 is 1.11 bits per heavy atom. The number of nitrogens with one attached hydrogen (secondary N) is 1. The Bertz CT molecular complexity index is 1390. The Morgan fingerprint density at radius 2 is 1.89 bits per heavy atom. The van der Waals surface area contributed by atoms with Crippen molar-refractivity contribution in [1.29, 1.82) is 5.26 Å². The smallest absolute Gasteiger partial charge is 0.262 e. The summed E-state index contributed by atoms with van der Waals surface area (Å²) in [6.07, 6.45) is 1.74. The van der Waals surface area contributed by atoms with E-state index in [1.54, 1.807) is 48.5 Å². The number of allylic oxidation sites excluding steroid dienone is 1. The molecule has 4 rings (SSSR count). The number of methoxy groups -OCH3 is 1. The van der Waals surface area contributed by atoms with Crippen LogP contribution in [0.2, 0.25) is 5.02 Å². The predicted octanol–water partition coefficient (Wildman–Crippen LogP) is 6.55. The first kappa shape index (κ1) is 24.0. The van der Waals surface area contributed by atoms with Gasteiger partial charge in [0.25, 0.3) is 5.91 Å². The molecule has 35 heavy (non-hydrogen) atoms. The van der Waals surface area contributed by atoms with Crippen molar-refractivity contribution < 1.29 is 14.3 Å². The number of carbonyl (C=O) groups excluding carboxylic acids is 1. The molecule has 174 valence electrons. The first-order valence-electron chi connectivity index (χ1n) is 10.5. The van der Waals surface area contributed by atoms with Gasteiger partial charge >= 0.3 is 0 Å². The number of thiazole rings is 1. The number of anilines is 1. The zero-order valence-electron chi connectivity index (χ0n) is 18.7. The second-order valence-electron chi connectivity index (χ2n) is 7.33. The van der Waals surface area contributed by atoms with Crippen LogP contribution >= 0.6 is 22.9 Å². The molecule has 1 aromatic heterocycles. The summed E-state index contributed by atoms with van der Waals surface area (Å²) in [4.78, 5) is 16.8. The van der Waals surface area contributed by atoms with Crippen LogP contribution in [0.25, 0.3) is 22.9 Å². The highest BCUT2D eigenvalue weighted by atomic mass is 35.5. The maximum Gasteiger partial charge on any atom is 0.262 e. The standard InChI is InChI=1S/C27H20ClN3O3S/c1-33-25-14-18(7-12-24(25)34-16-26(32)30-22-5-3-2-4-6-22)13-20(15-29)27-31-23(17-35-27)19-8-10-21(28)11-9-19/h2-14,17H,16H2,1H3,(H,30,32). The van der Waals surface area contributed by atoms with E-state index in [0.717, 1.165) is 16.8 Å². The van der Waals surface area contributed by atoms with Crippen LogP contribution in [0.15, 0.2) is 78.2 Å². The van der Waals surface area contributed by atoms with Gasteiger partial charge in [0.05, 0.1) is 18.4 Å². The molecule has 3 aromatic carbocycles. The SMILES string of the molecule is COc1cc(C=C(C#N)c2nc(-c3ccc(Cl)cc3)cs2)ccc1OCC(=O)Nc1ccccc1. The number of hydrogen-bond donors (Lipinski definition) is 1. The molecule has 0 unspecified atom stereocenters. The Kier molecular flexibility index (Phi) is 7.78. The zero-order chi connectivity index (χ0) is 24.6. The summed E-state index contributed by atoms with van der Waals surface area (Å²) in [5.74, 6) is 0.587. The Balaban J connectivity index is 1.47. The molecule has 0 bridgehead atoms. The lowest BCUT2D eigenvalue weighted by molar-refractivity contribution is -0.118. The van der Waals surface area contributed by atoms with Crippen LogP contribution in [0.3, 0.4) is 0 Å². The minimum absolute atomic E-state index is 0.170. The minimum Gasteiger partial charge on any atom is -0.493 e. The van der Waals surface area contributed by atoms with E-state index in [1.807, 2.05) is 35.7 Å². The van der Waals surface area contributed by atoms with Gasteiger partial charge in [0.2, 0.25) is 0 Å². The first-order chi connectivity index (χ1) is 17.1. The molecule has 1 amide bonds. The van der Waals surface area contributed by atoms with Crippen molar-refractivity contribution >= 4 is 46.2 Å². The van der Waals surface area contributed by atoms with E-state index in [9.17, 15) is 10.1 Å². The van der Waals surface area contributed by atoms with Crippen LogP contribution in [0.1, 0.15) is 10.6 Å². The third kappa shape index (κ3) is 6.27. The Hall–Kier alpha value is -4.12. The zero-order valence-corrected chi connectivity index (χ0v) is 20.3. The molecule has 0 aliphatic heterocycles. The van der Waals surface area contributed by atoms with Crippen molar-refractivity contribution in [1.82, 2.24) is 4.98 Å². The summed E-state index contributed by atoms with van der Waals surface area (Å²) in [7, 11) is 1.52. The molecule has 8 heteroatoms. The molecule has 1 N–H and O–H groups in total. The highest BCUT2D eigenvalue weighted by Gasteiger charge is 2.12. The Morgan fingerprint density at radius 3 is 2.60 bits per heavy atom. The predicted molar refractivity (Wildman–Crippen MR) is 140 cm³/mol. The van der Waals surface area contributed by atoms with Crippen molar-refractivity contribution in [2.45, 2.75) is 0 Å². The van der Waals surface area contributed by atoms with Crippen LogP contribution in [0.5, 0.6) is 11.5 Å². The second-order valence-corrected chi connectivity index (χ2v) is 8.62. The molecule has 6 nitrogen and oxygen atoms in total. The molecule has 0 fully saturated rings. The molecule has 0 spiro atoms. The number of amides is 1. The molecular weight excluding hydrogens is 482 g/mol. The Labute approximate surface area is 212 Å². The fourth-order valence-electron chi connectivity index (χ4n) is 3.21. The maximum atomic E-state index is 12.2. The van der Waals surface area contributed by atoms with Gasteiger partial charge in [-0.2, -0.15) is 5.26 Å². The summed E-state index contributed by atoms with van der Waals surface area (Å²) in [5.41, 5.74) is 3.56. The van der Waals surface area contributed by atoms with Crippen molar-refractivity contribution in [2.75, 3.05) is 19.0 Å². The van der Waals surface area contributed by atoms with Gasteiger partial charge in [0, 0.05) is 21.7 Å². The number of carbonyl (C=O) groups is 1. The van der Waals surface area contributed by atoms with Crippen molar-refractivity contribution in [2.24, 2.45) is 0 Å². The van der Waals surface area contributed by atoms with Crippen LogP contribution in [0.4, 0.5) is 5.69 Å². The number of benzene rings is 3.